The van der Waals surface area contributed by atoms with Gasteiger partial charge in [-0.25, -0.2) is 18.6 Å². The second-order valence-corrected chi connectivity index (χ2v) is 8.21. The highest BCUT2D eigenvalue weighted by atomic mass is 19.2. The minimum Gasteiger partial charge on any atom is -0.429 e. The smallest absolute Gasteiger partial charge is 0.429 e. The van der Waals surface area contributed by atoms with Gasteiger partial charge in [0.2, 0.25) is 12.1 Å². The molecule has 4 rings (SSSR count). The predicted molar refractivity (Wildman–Crippen MR) is 116 cm³/mol. The number of imidazole rings is 1. The predicted octanol–water partition coefficient (Wildman–Crippen LogP) is 2.11. The van der Waals surface area contributed by atoms with E-state index in [-0.39, 0.29) is 23.7 Å². The SMILES string of the molecule is CN(C)c1nc(N)nc2c1ncn2C1OC(F)(CO)C(OC(=O)OCc2ccccc2)C1(C)F. The number of benzene rings is 1. The molecule has 3 aromatic rings. The molecular weight excluding hydrogens is 454 g/mol. The molecular formula is C21H24F2N6O5. The number of rotatable bonds is 6. The number of aliphatic hydroxyl groups is 1. The van der Waals surface area contributed by atoms with E-state index in [0.717, 1.165) is 11.5 Å². The number of alkyl halides is 2. The highest BCUT2D eigenvalue weighted by molar-refractivity contribution is 5.84. The largest absolute Gasteiger partial charge is 0.509 e. The first kappa shape index (κ1) is 23.6. The number of hydrogen-bond acceptors (Lipinski definition) is 10. The third-order valence-corrected chi connectivity index (χ3v) is 5.42. The summed E-state index contributed by atoms with van der Waals surface area (Å²) in [4.78, 5) is 26.3. The van der Waals surface area contributed by atoms with Crippen LogP contribution in [0.1, 0.15) is 18.7 Å². The Kier molecular flexibility index (Phi) is 6.00. The molecule has 1 fully saturated rings. The summed E-state index contributed by atoms with van der Waals surface area (Å²) in [6.45, 7) is -0.479. The molecule has 3 heterocycles. The molecule has 0 amide bonds. The second kappa shape index (κ2) is 8.65. The molecule has 4 unspecified atom stereocenters. The van der Waals surface area contributed by atoms with E-state index in [2.05, 4.69) is 15.0 Å². The first-order valence-electron chi connectivity index (χ1n) is 10.3. The fourth-order valence-corrected chi connectivity index (χ4v) is 3.81. The number of halogens is 2. The zero-order chi connectivity index (χ0) is 24.7. The van der Waals surface area contributed by atoms with Crippen LogP contribution in [0.2, 0.25) is 0 Å². The maximum atomic E-state index is 16.1. The van der Waals surface area contributed by atoms with Crippen LogP contribution in [0.4, 0.5) is 25.3 Å². The maximum absolute atomic E-state index is 16.1. The molecule has 1 aliphatic heterocycles. The number of fused-ring (bicyclic) bond motifs is 1. The monoisotopic (exact) mass is 478 g/mol. The van der Waals surface area contributed by atoms with Crippen molar-refractivity contribution >= 4 is 29.1 Å². The van der Waals surface area contributed by atoms with Crippen LogP contribution >= 0.6 is 0 Å². The molecule has 0 spiro atoms. The lowest BCUT2D eigenvalue weighted by atomic mass is 9.97. The third kappa shape index (κ3) is 4.07. The summed E-state index contributed by atoms with van der Waals surface area (Å²) < 4.78 is 47.9. The van der Waals surface area contributed by atoms with Crippen LogP contribution in [0, 0.1) is 0 Å². The Labute approximate surface area is 193 Å². The van der Waals surface area contributed by atoms with Gasteiger partial charge in [0.25, 0.3) is 5.85 Å². The molecule has 0 aliphatic carbocycles. The van der Waals surface area contributed by atoms with Crippen molar-refractivity contribution in [3.63, 3.8) is 0 Å². The molecule has 1 saturated heterocycles. The standard InChI is InChI=1S/C21H24F2N6O5/c1-20(22)16(33-19(31)32-9-12-7-5-4-6-8-12)21(23,10-30)34-17(20)29-11-25-13-14(28(2)3)26-18(24)27-15(13)29/h4-8,11,16-17,30H,9-10H2,1-3H3,(H2,24,26,27). The molecule has 0 bridgehead atoms. The van der Waals surface area contributed by atoms with E-state index in [1.54, 1.807) is 49.3 Å². The number of aliphatic hydroxyl groups excluding tert-OH is 1. The van der Waals surface area contributed by atoms with Crippen LogP contribution in [0.25, 0.3) is 11.2 Å². The van der Waals surface area contributed by atoms with Crippen molar-refractivity contribution in [1.29, 1.82) is 0 Å². The summed E-state index contributed by atoms with van der Waals surface area (Å²) in [5.41, 5.74) is 4.09. The maximum Gasteiger partial charge on any atom is 0.509 e. The molecule has 34 heavy (non-hydrogen) atoms. The molecule has 3 N–H and O–H groups in total. The minimum atomic E-state index is -3.07. The summed E-state index contributed by atoms with van der Waals surface area (Å²) in [6.07, 6.45) is -4.02. The number of ether oxygens (including phenoxy) is 3. The Bertz CT molecular complexity index is 1190. The van der Waals surface area contributed by atoms with Gasteiger partial charge in [0.1, 0.15) is 13.2 Å². The number of nitrogens with zero attached hydrogens (tertiary/aromatic N) is 5. The van der Waals surface area contributed by atoms with E-state index in [0.29, 0.717) is 11.4 Å². The zero-order valence-electron chi connectivity index (χ0n) is 18.7. The van der Waals surface area contributed by atoms with Crippen molar-refractivity contribution in [3.05, 3.63) is 42.2 Å². The quantitative estimate of drug-likeness (QED) is 0.507. The average molecular weight is 478 g/mol. The van der Waals surface area contributed by atoms with Gasteiger partial charge in [0.15, 0.2) is 28.9 Å². The van der Waals surface area contributed by atoms with Gasteiger partial charge in [-0.3, -0.25) is 4.57 Å². The van der Waals surface area contributed by atoms with E-state index >= 15 is 8.78 Å². The molecule has 0 saturated carbocycles. The summed E-state index contributed by atoms with van der Waals surface area (Å²) in [5.74, 6) is -2.84. The van der Waals surface area contributed by atoms with Crippen LogP contribution < -0.4 is 10.6 Å². The van der Waals surface area contributed by atoms with Crippen molar-refractivity contribution in [1.82, 2.24) is 19.5 Å². The molecule has 13 heteroatoms. The van der Waals surface area contributed by atoms with Crippen LogP contribution in [-0.4, -0.2) is 69.1 Å². The number of carbonyl (C=O) groups excluding carboxylic acids is 1. The lowest BCUT2D eigenvalue weighted by Gasteiger charge is -2.28. The van der Waals surface area contributed by atoms with Crippen LogP contribution in [0.5, 0.6) is 0 Å². The molecule has 1 aliphatic rings. The first-order chi connectivity index (χ1) is 16.1. The summed E-state index contributed by atoms with van der Waals surface area (Å²) in [5, 5.41) is 9.66. The Balaban J connectivity index is 1.63. The van der Waals surface area contributed by atoms with E-state index in [9.17, 15) is 9.90 Å². The minimum absolute atomic E-state index is 0.0673. The fourth-order valence-electron chi connectivity index (χ4n) is 3.81. The third-order valence-electron chi connectivity index (χ3n) is 5.42. The first-order valence-corrected chi connectivity index (χ1v) is 10.3. The Morgan fingerprint density at radius 1 is 1.29 bits per heavy atom. The summed E-state index contributed by atoms with van der Waals surface area (Å²) >= 11 is 0. The zero-order valence-corrected chi connectivity index (χ0v) is 18.7. The van der Waals surface area contributed by atoms with Gasteiger partial charge in [0.05, 0.1) is 6.33 Å². The molecule has 182 valence electrons. The molecule has 2 aromatic heterocycles. The van der Waals surface area contributed by atoms with Crippen molar-refractivity contribution in [2.75, 3.05) is 31.3 Å². The van der Waals surface area contributed by atoms with E-state index in [1.807, 2.05) is 0 Å². The highest BCUT2D eigenvalue weighted by Gasteiger charge is 2.67. The Hall–Kier alpha value is -3.58. The van der Waals surface area contributed by atoms with Crippen molar-refractivity contribution in [2.24, 2.45) is 0 Å². The average Bonchev–Trinajstić information content (AvgIpc) is 3.30. The normalized spacial score (nSPS) is 26.5. The Morgan fingerprint density at radius 3 is 2.65 bits per heavy atom. The Morgan fingerprint density at radius 2 is 2.00 bits per heavy atom. The van der Waals surface area contributed by atoms with E-state index < -0.39 is 36.6 Å². The van der Waals surface area contributed by atoms with Crippen LogP contribution in [-0.2, 0) is 20.8 Å². The fraction of sp³-hybridized carbons (Fsp3) is 0.429. The summed E-state index contributed by atoms with van der Waals surface area (Å²) in [7, 11) is 3.41. The summed E-state index contributed by atoms with van der Waals surface area (Å²) in [6, 6.07) is 8.67. The number of nitrogen functional groups attached to an aromatic ring is 1. The van der Waals surface area contributed by atoms with Crippen LogP contribution in [0.15, 0.2) is 36.7 Å². The number of nitrogens with two attached hydrogens (primary N) is 1. The van der Waals surface area contributed by atoms with Gasteiger partial charge in [-0.15, -0.1) is 0 Å². The van der Waals surface area contributed by atoms with Gasteiger partial charge in [-0.05, 0) is 12.5 Å². The van der Waals surface area contributed by atoms with Crippen molar-refractivity contribution < 1.29 is 32.9 Å². The number of carbonyl (C=O) groups is 1. The molecule has 1 aromatic carbocycles. The number of hydrogen-bond donors (Lipinski definition) is 2. The van der Waals surface area contributed by atoms with Gasteiger partial charge >= 0.3 is 6.16 Å². The van der Waals surface area contributed by atoms with Crippen LogP contribution in [0.3, 0.4) is 0 Å². The number of aromatic nitrogens is 4. The van der Waals surface area contributed by atoms with Gasteiger partial charge in [0, 0.05) is 14.1 Å². The van der Waals surface area contributed by atoms with Crippen molar-refractivity contribution in [3.8, 4) is 0 Å². The lowest BCUT2D eigenvalue weighted by Crippen LogP contribution is -2.49. The van der Waals surface area contributed by atoms with E-state index in [1.165, 1.54) is 6.33 Å². The number of anilines is 2. The highest BCUT2D eigenvalue weighted by Crippen LogP contribution is 2.50. The topological polar surface area (TPSA) is 138 Å². The van der Waals surface area contributed by atoms with Gasteiger partial charge < -0.3 is 30.0 Å². The second-order valence-electron chi connectivity index (χ2n) is 8.21. The van der Waals surface area contributed by atoms with Gasteiger partial charge in [-0.1, -0.05) is 30.3 Å². The molecule has 4 atom stereocenters. The van der Waals surface area contributed by atoms with E-state index in [4.69, 9.17) is 19.9 Å². The lowest BCUT2D eigenvalue weighted by molar-refractivity contribution is -0.209. The molecule has 11 nitrogen and oxygen atoms in total. The molecule has 0 radical (unpaired) electrons. The van der Waals surface area contributed by atoms with Gasteiger partial charge in [-0.2, -0.15) is 9.97 Å². The van der Waals surface area contributed by atoms with Crippen molar-refractivity contribution in [2.45, 2.75) is 37.4 Å².